The number of hydrogen-bond donors (Lipinski definition) is 2. The van der Waals surface area contributed by atoms with Crippen molar-refractivity contribution in [1.29, 1.82) is 0 Å². The lowest BCUT2D eigenvalue weighted by Crippen LogP contribution is -2.29. The van der Waals surface area contributed by atoms with Gasteiger partial charge in [-0.05, 0) is 48.7 Å². The summed E-state index contributed by atoms with van der Waals surface area (Å²) in [4.78, 5) is 24.0. The number of hydrogen-bond acceptors (Lipinski definition) is 3. The summed E-state index contributed by atoms with van der Waals surface area (Å²) in [7, 11) is 1.60. The largest absolute Gasteiger partial charge is 0.497 e. The average Bonchev–Trinajstić information content (AvgIpc) is 2.57. The summed E-state index contributed by atoms with van der Waals surface area (Å²) in [6.07, 6.45) is 0.152. The molecule has 0 saturated carbocycles. The number of benzene rings is 2. The number of carbonyl (C=O) groups is 2. The maximum atomic E-state index is 12.5. The van der Waals surface area contributed by atoms with Crippen molar-refractivity contribution in [3.63, 3.8) is 0 Å². The smallest absolute Gasteiger partial charge is 0.226 e. The van der Waals surface area contributed by atoms with Crippen molar-refractivity contribution >= 4 is 17.5 Å². The average molecular weight is 340 g/mol. The molecule has 2 amide bonds. The van der Waals surface area contributed by atoms with Gasteiger partial charge in [-0.3, -0.25) is 9.59 Å². The standard InChI is InChI=1S/C20H24N2O3/c1-13-5-6-14(2)18(11-13)22-20(24)12-19(21-15(3)23)16-7-9-17(25-4)10-8-16/h5-11,19H,12H2,1-4H3,(H,21,23)(H,22,24). The first kappa shape index (κ1) is 18.5. The van der Waals surface area contributed by atoms with E-state index in [0.29, 0.717) is 0 Å². The summed E-state index contributed by atoms with van der Waals surface area (Å²) < 4.78 is 5.15. The van der Waals surface area contributed by atoms with Gasteiger partial charge in [0.25, 0.3) is 0 Å². The molecule has 0 aliphatic carbocycles. The summed E-state index contributed by atoms with van der Waals surface area (Å²) in [5.41, 5.74) is 3.72. The predicted molar refractivity (Wildman–Crippen MR) is 98.7 cm³/mol. The Kier molecular flexibility index (Phi) is 6.17. The molecule has 2 aromatic carbocycles. The van der Waals surface area contributed by atoms with Gasteiger partial charge in [-0.25, -0.2) is 0 Å². The lowest BCUT2D eigenvalue weighted by Gasteiger charge is -2.19. The molecule has 0 aliphatic rings. The zero-order valence-electron chi connectivity index (χ0n) is 15.1. The van der Waals surface area contributed by atoms with Crippen LogP contribution >= 0.6 is 0 Å². The summed E-state index contributed by atoms with van der Waals surface area (Å²) in [6, 6.07) is 12.8. The molecule has 0 saturated heterocycles. The number of methoxy groups -OCH3 is 1. The number of carbonyl (C=O) groups excluding carboxylic acids is 2. The number of aryl methyl sites for hydroxylation is 2. The molecule has 2 N–H and O–H groups in total. The highest BCUT2D eigenvalue weighted by Gasteiger charge is 2.18. The van der Waals surface area contributed by atoms with E-state index < -0.39 is 6.04 Å². The molecule has 0 aromatic heterocycles. The molecule has 5 heteroatoms. The number of nitrogens with one attached hydrogen (secondary N) is 2. The van der Waals surface area contributed by atoms with Crippen molar-refractivity contribution in [1.82, 2.24) is 5.32 Å². The molecular formula is C20H24N2O3. The molecule has 25 heavy (non-hydrogen) atoms. The van der Waals surface area contributed by atoms with Crippen molar-refractivity contribution in [3.05, 3.63) is 59.2 Å². The van der Waals surface area contributed by atoms with Crippen LogP contribution in [0.4, 0.5) is 5.69 Å². The highest BCUT2D eigenvalue weighted by atomic mass is 16.5. The van der Waals surface area contributed by atoms with Crippen LogP contribution in [0.3, 0.4) is 0 Å². The second-order valence-electron chi connectivity index (χ2n) is 6.10. The topological polar surface area (TPSA) is 67.4 Å². The van der Waals surface area contributed by atoms with E-state index in [9.17, 15) is 9.59 Å². The van der Waals surface area contributed by atoms with Crippen molar-refractivity contribution in [2.75, 3.05) is 12.4 Å². The van der Waals surface area contributed by atoms with E-state index in [1.165, 1.54) is 6.92 Å². The molecule has 2 rings (SSSR count). The Morgan fingerprint density at radius 2 is 1.76 bits per heavy atom. The minimum Gasteiger partial charge on any atom is -0.497 e. The minimum absolute atomic E-state index is 0.150. The number of anilines is 1. The Labute approximate surface area is 148 Å². The first-order valence-corrected chi connectivity index (χ1v) is 8.17. The molecule has 0 fully saturated rings. The predicted octanol–water partition coefficient (Wildman–Crippen LogP) is 3.52. The molecule has 0 radical (unpaired) electrons. The van der Waals surface area contributed by atoms with Gasteiger partial charge in [0, 0.05) is 12.6 Å². The Morgan fingerprint density at radius 1 is 1.08 bits per heavy atom. The van der Waals surface area contributed by atoms with Gasteiger partial charge in [0.2, 0.25) is 11.8 Å². The van der Waals surface area contributed by atoms with Gasteiger partial charge in [0.05, 0.1) is 19.6 Å². The van der Waals surface area contributed by atoms with Crippen LogP contribution in [-0.4, -0.2) is 18.9 Å². The molecule has 5 nitrogen and oxygen atoms in total. The van der Waals surface area contributed by atoms with E-state index in [-0.39, 0.29) is 18.2 Å². The number of amides is 2. The third kappa shape index (κ3) is 5.35. The highest BCUT2D eigenvalue weighted by molar-refractivity contribution is 5.92. The fourth-order valence-corrected chi connectivity index (χ4v) is 2.59. The van der Waals surface area contributed by atoms with Crippen LogP contribution in [0.25, 0.3) is 0 Å². The van der Waals surface area contributed by atoms with Crippen molar-refractivity contribution in [3.8, 4) is 5.75 Å². The van der Waals surface area contributed by atoms with Crippen LogP contribution in [-0.2, 0) is 9.59 Å². The maximum absolute atomic E-state index is 12.5. The van der Waals surface area contributed by atoms with E-state index in [2.05, 4.69) is 10.6 Å². The minimum atomic E-state index is -0.395. The molecule has 0 heterocycles. The van der Waals surface area contributed by atoms with Gasteiger partial charge >= 0.3 is 0 Å². The Hall–Kier alpha value is -2.82. The zero-order valence-corrected chi connectivity index (χ0v) is 15.1. The van der Waals surface area contributed by atoms with Crippen LogP contribution < -0.4 is 15.4 Å². The van der Waals surface area contributed by atoms with Crippen LogP contribution in [0.5, 0.6) is 5.75 Å². The fraction of sp³-hybridized carbons (Fsp3) is 0.300. The van der Waals surface area contributed by atoms with Crippen molar-refractivity contribution < 1.29 is 14.3 Å². The normalized spacial score (nSPS) is 11.5. The summed E-state index contributed by atoms with van der Waals surface area (Å²) in [6.45, 7) is 5.37. The summed E-state index contributed by atoms with van der Waals surface area (Å²) in [5.74, 6) is 0.397. The van der Waals surface area contributed by atoms with Crippen LogP contribution in [0.15, 0.2) is 42.5 Å². The molecule has 0 spiro atoms. The summed E-state index contributed by atoms with van der Waals surface area (Å²) in [5, 5.41) is 5.77. The number of ether oxygens (including phenoxy) is 1. The summed E-state index contributed by atoms with van der Waals surface area (Å²) >= 11 is 0. The molecular weight excluding hydrogens is 316 g/mol. The van der Waals surface area contributed by atoms with Crippen LogP contribution in [0.1, 0.15) is 36.1 Å². The fourth-order valence-electron chi connectivity index (χ4n) is 2.59. The van der Waals surface area contributed by atoms with Gasteiger partial charge in [-0.15, -0.1) is 0 Å². The zero-order chi connectivity index (χ0) is 18.4. The highest BCUT2D eigenvalue weighted by Crippen LogP contribution is 2.22. The monoisotopic (exact) mass is 340 g/mol. The van der Waals surface area contributed by atoms with Crippen LogP contribution in [0, 0.1) is 13.8 Å². The Morgan fingerprint density at radius 3 is 2.36 bits per heavy atom. The van der Waals surface area contributed by atoms with E-state index in [0.717, 1.165) is 28.1 Å². The SMILES string of the molecule is COc1ccc(C(CC(=O)Nc2cc(C)ccc2C)NC(C)=O)cc1. The third-order valence-corrected chi connectivity index (χ3v) is 3.95. The van der Waals surface area contributed by atoms with E-state index >= 15 is 0 Å². The molecule has 0 aliphatic heterocycles. The van der Waals surface area contributed by atoms with E-state index in [1.54, 1.807) is 7.11 Å². The van der Waals surface area contributed by atoms with Gasteiger partial charge in [0.15, 0.2) is 0 Å². The van der Waals surface area contributed by atoms with Gasteiger partial charge in [-0.1, -0.05) is 24.3 Å². The quantitative estimate of drug-likeness (QED) is 0.845. The lowest BCUT2D eigenvalue weighted by atomic mass is 10.0. The Balaban J connectivity index is 2.13. The van der Waals surface area contributed by atoms with E-state index in [4.69, 9.17) is 4.74 Å². The lowest BCUT2D eigenvalue weighted by molar-refractivity contribution is -0.120. The van der Waals surface area contributed by atoms with Crippen molar-refractivity contribution in [2.45, 2.75) is 33.2 Å². The molecule has 1 atom stereocenters. The molecule has 2 aromatic rings. The maximum Gasteiger partial charge on any atom is 0.226 e. The third-order valence-electron chi connectivity index (χ3n) is 3.95. The van der Waals surface area contributed by atoms with Gasteiger partial charge in [0.1, 0.15) is 5.75 Å². The van der Waals surface area contributed by atoms with E-state index in [1.807, 2.05) is 56.3 Å². The van der Waals surface area contributed by atoms with Gasteiger partial charge < -0.3 is 15.4 Å². The second-order valence-corrected chi connectivity index (χ2v) is 6.10. The number of rotatable bonds is 6. The molecule has 0 bridgehead atoms. The molecule has 1 unspecified atom stereocenters. The first-order valence-electron chi connectivity index (χ1n) is 8.17. The van der Waals surface area contributed by atoms with Crippen LogP contribution in [0.2, 0.25) is 0 Å². The van der Waals surface area contributed by atoms with Crippen molar-refractivity contribution in [2.24, 2.45) is 0 Å². The van der Waals surface area contributed by atoms with Gasteiger partial charge in [-0.2, -0.15) is 0 Å². The Bertz CT molecular complexity index is 754. The molecule has 132 valence electrons. The second kappa shape index (κ2) is 8.33. The first-order chi connectivity index (χ1) is 11.9.